The lowest BCUT2D eigenvalue weighted by Gasteiger charge is -2.47. The van der Waals surface area contributed by atoms with Crippen LogP contribution in [0.3, 0.4) is 0 Å². The van der Waals surface area contributed by atoms with Gasteiger partial charge in [0.05, 0.1) is 0 Å². The SMILES string of the molecule is CCCCCCC1CCC(C2CCC(C3CCC(CCCCCO)CC3CC)CC2CC)CC1. The largest absolute Gasteiger partial charge is 0.396 e. The Hall–Kier alpha value is -0.0400. The lowest BCUT2D eigenvalue weighted by Crippen LogP contribution is -2.38. The van der Waals surface area contributed by atoms with Crippen molar-refractivity contribution in [2.24, 2.45) is 47.3 Å². The van der Waals surface area contributed by atoms with Crippen molar-refractivity contribution in [3.05, 3.63) is 0 Å². The summed E-state index contributed by atoms with van der Waals surface area (Å²) in [6.07, 6.45) is 30.6. The maximum absolute atomic E-state index is 9.06. The smallest absolute Gasteiger partial charge is 0.0431 e. The highest BCUT2D eigenvalue weighted by Crippen LogP contribution is 2.51. The zero-order chi connectivity index (χ0) is 24.2. The third-order valence-electron chi connectivity index (χ3n) is 11.1. The Morgan fingerprint density at radius 1 is 0.529 bits per heavy atom. The second kappa shape index (κ2) is 15.9. The topological polar surface area (TPSA) is 20.2 Å². The van der Waals surface area contributed by atoms with Gasteiger partial charge in [0.1, 0.15) is 0 Å². The number of aliphatic hydroxyl groups excluding tert-OH is 1. The van der Waals surface area contributed by atoms with Crippen molar-refractivity contribution in [3.8, 4) is 0 Å². The van der Waals surface area contributed by atoms with E-state index in [1.165, 1.54) is 83.5 Å². The Kier molecular flexibility index (Phi) is 13.4. The summed E-state index contributed by atoms with van der Waals surface area (Å²) in [5.74, 6) is 8.27. The number of unbranched alkanes of at least 4 members (excludes halogenated alkanes) is 5. The van der Waals surface area contributed by atoms with Gasteiger partial charge in [-0.25, -0.2) is 0 Å². The lowest BCUT2D eigenvalue weighted by molar-refractivity contribution is 0.0287. The standard InChI is InChI=1S/C33H62O/c1-4-7-8-10-13-26-15-18-30(19-16-26)32-22-20-31(25-29(32)6-3)33-21-17-27(24-28(33)5-2)14-11-9-12-23-34/h26-34H,4-25H2,1-3H3. The summed E-state index contributed by atoms with van der Waals surface area (Å²) in [5.41, 5.74) is 0. The number of hydrogen-bond acceptors (Lipinski definition) is 1. The predicted octanol–water partition coefficient (Wildman–Crippen LogP) is 10.2. The molecule has 6 atom stereocenters. The van der Waals surface area contributed by atoms with Crippen molar-refractivity contribution < 1.29 is 5.11 Å². The van der Waals surface area contributed by atoms with Crippen LogP contribution in [-0.4, -0.2) is 11.7 Å². The highest BCUT2D eigenvalue weighted by atomic mass is 16.2. The summed E-state index contributed by atoms with van der Waals surface area (Å²) in [5, 5.41) is 9.06. The molecule has 34 heavy (non-hydrogen) atoms. The molecule has 6 unspecified atom stereocenters. The maximum Gasteiger partial charge on any atom is 0.0431 e. The first-order valence-electron chi connectivity index (χ1n) is 16.3. The van der Waals surface area contributed by atoms with E-state index in [-0.39, 0.29) is 0 Å². The Labute approximate surface area is 214 Å². The normalized spacial score (nSPS) is 37.1. The van der Waals surface area contributed by atoms with E-state index >= 15 is 0 Å². The molecule has 3 aliphatic rings. The molecule has 0 heterocycles. The summed E-state index contributed by atoms with van der Waals surface area (Å²) in [4.78, 5) is 0. The molecule has 3 rings (SSSR count). The second-order valence-corrected chi connectivity index (χ2v) is 13.1. The van der Waals surface area contributed by atoms with Gasteiger partial charge in [0, 0.05) is 6.61 Å². The Balaban J connectivity index is 1.43. The Bertz CT molecular complexity index is 507. The first kappa shape index (κ1) is 28.5. The maximum atomic E-state index is 9.06. The molecule has 3 fully saturated rings. The minimum atomic E-state index is 0.381. The average Bonchev–Trinajstić information content (AvgIpc) is 2.89. The highest BCUT2D eigenvalue weighted by Gasteiger charge is 2.41. The molecular weight excluding hydrogens is 412 g/mol. The first-order valence-corrected chi connectivity index (χ1v) is 16.3. The fourth-order valence-electron chi connectivity index (χ4n) is 9.03. The van der Waals surface area contributed by atoms with Gasteiger partial charge in [-0.3, -0.25) is 0 Å². The molecule has 200 valence electrons. The molecule has 0 aromatic carbocycles. The molecule has 3 saturated carbocycles. The van der Waals surface area contributed by atoms with E-state index in [1.807, 2.05) is 0 Å². The molecule has 1 nitrogen and oxygen atoms in total. The minimum Gasteiger partial charge on any atom is -0.396 e. The Morgan fingerprint density at radius 2 is 1.09 bits per heavy atom. The predicted molar refractivity (Wildman–Crippen MR) is 149 cm³/mol. The fraction of sp³-hybridized carbons (Fsp3) is 1.00. The van der Waals surface area contributed by atoms with Crippen molar-refractivity contribution in [1.29, 1.82) is 0 Å². The molecular formula is C33H62O. The first-order chi connectivity index (χ1) is 16.7. The van der Waals surface area contributed by atoms with Crippen molar-refractivity contribution in [1.82, 2.24) is 0 Å². The second-order valence-electron chi connectivity index (χ2n) is 13.1. The van der Waals surface area contributed by atoms with Crippen molar-refractivity contribution >= 4 is 0 Å². The third-order valence-corrected chi connectivity index (χ3v) is 11.1. The Morgan fingerprint density at radius 3 is 1.76 bits per heavy atom. The molecule has 0 bridgehead atoms. The average molecular weight is 475 g/mol. The molecule has 0 spiro atoms. The van der Waals surface area contributed by atoms with E-state index in [4.69, 9.17) is 5.11 Å². The molecule has 0 aromatic heterocycles. The van der Waals surface area contributed by atoms with Gasteiger partial charge in [0.15, 0.2) is 0 Å². The van der Waals surface area contributed by atoms with Gasteiger partial charge in [-0.2, -0.15) is 0 Å². The van der Waals surface area contributed by atoms with E-state index in [9.17, 15) is 0 Å². The van der Waals surface area contributed by atoms with Gasteiger partial charge in [-0.15, -0.1) is 0 Å². The van der Waals surface area contributed by atoms with Crippen molar-refractivity contribution in [2.45, 2.75) is 156 Å². The molecule has 0 aliphatic heterocycles. The van der Waals surface area contributed by atoms with E-state index in [0.29, 0.717) is 6.61 Å². The fourth-order valence-corrected chi connectivity index (χ4v) is 9.03. The zero-order valence-electron chi connectivity index (χ0n) is 23.6. The summed E-state index contributed by atoms with van der Waals surface area (Å²) in [7, 11) is 0. The van der Waals surface area contributed by atoms with Gasteiger partial charge < -0.3 is 5.11 Å². The molecule has 0 saturated heterocycles. The van der Waals surface area contributed by atoms with Gasteiger partial charge >= 0.3 is 0 Å². The summed E-state index contributed by atoms with van der Waals surface area (Å²) < 4.78 is 0. The van der Waals surface area contributed by atoms with Crippen LogP contribution in [0.5, 0.6) is 0 Å². The molecule has 0 aromatic rings. The molecule has 0 radical (unpaired) electrons. The molecule has 0 amide bonds. The van der Waals surface area contributed by atoms with Gasteiger partial charge in [-0.1, -0.05) is 104 Å². The van der Waals surface area contributed by atoms with E-state index in [1.54, 1.807) is 44.9 Å². The summed E-state index contributed by atoms with van der Waals surface area (Å²) >= 11 is 0. The van der Waals surface area contributed by atoms with Crippen LogP contribution in [-0.2, 0) is 0 Å². The quantitative estimate of drug-likeness (QED) is 0.248. The van der Waals surface area contributed by atoms with Crippen LogP contribution < -0.4 is 0 Å². The van der Waals surface area contributed by atoms with Crippen LogP contribution in [0.1, 0.15) is 156 Å². The molecule has 3 aliphatic carbocycles. The lowest BCUT2D eigenvalue weighted by atomic mass is 9.58. The summed E-state index contributed by atoms with van der Waals surface area (Å²) in [6.45, 7) is 7.71. The van der Waals surface area contributed by atoms with Crippen molar-refractivity contribution in [3.63, 3.8) is 0 Å². The van der Waals surface area contributed by atoms with Crippen LogP contribution in [0.15, 0.2) is 0 Å². The van der Waals surface area contributed by atoms with Crippen LogP contribution in [0.25, 0.3) is 0 Å². The van der Waals surface area contributed by atoms with E-state index in [0.717, 1.165) is 53.8 Å². The molecule has 1 heteroatoms. The van der Waals surface area contributed by atoms with Gasteiger partial charge in [0.25, 0.3) is 0 Å². The highest BCUT2D eigenvalue weighted by molar-refractivity contribution is 4.91. The van der Waals surface area contributed by atoms with E-state index < -0.39 is 0 Å². The third kappa shape index (κ3) is 8.52. The number of rotatable bonds is 14. The van der Waals surface area contributed by atoms with E-state index in [2.05, 4.69) is 20.8 Å². The van der Waals surface area contributed by atoms with Crippen LogP contribution in [0.4, 0.5) is 0 Å². The minimum absolute atomic E-state index is 0.381. The number of hydrogen-bond donors (Lipinski definition) is 1. The number of aliphatic hydroxyl groups is 1. The summed E-state index contributed by atoms with van der Waals surface area (Å²) in [6, 6.07) is 0. The van der Waals surface area contributed by atoms with Gasteiger partial charge in [0.2, 0.25) is 0 Å². The zero-order valence-corrected chi connectivity index (χ0v) is 23.6. The van der Waals surface area contributed by atoms with Crippen LogP contribution in [0.2, 0.25) is 0 Å². The van der Waals surface area contributed by atoms with Gasteiger partial charge in [-0.05, 0) is 98.7 Å². The molecule has 1 N–H and O–H groups in total. The van der Waals surface area contributed by atoms with Crippen LogP contribution in [0, 0.1) is 47.3 Å². The van der Waals surface area contributed by atoms with Crippen molar-refractivity contribution in [2.75, 3.05) is 6.61 Å². The van der Waals surface area contributed by atoms with Crippen LogP contribution >= 0.6 is 0 Å². The monoisotopic (exact) mass is 474 g/mol.